The monoisotopic (exact) mass is 364 g/mol. The predicted molar refractivity (Wildman–Crippen MR) is 104 cm³/mol. The number of hydrogen-bond donors (Lipinski definition) is 0. The molecule has 0 unspecified atom stereocenters. The Bertz CT molecular complexity index is 973. The molecule has 1 aromatic carbocycles. The molecule has 0 radical (unpaired) electrons. The Morgan fingerprint density at radius 2 is 2.12 bits per heavy atom. The van der Waals surface area contributed by atoms with Crippen LogP contribution in [0.1, 0.15) is 17.5 Å². The first kappa shape index (κ1) is 18.0. The molecule has 3 rings (SSSR count). The molecule has 0 atom stereocenters. The quantitative estimate of drug-likeness (QED) is 0.621. The zero-order chi connectivity index (χ0) is 18.5. The van der Waals surface area contributed by atoms with Crippen molar-refractivity contribution < 1.29 is 4.79 Å². The van der Waals surface area contributed by atoms with Crippen molar-refractivity contribution in [2.45, 2.75) is 25.4 Å². The number of thioether (sulfide) groups is 1. The lowest BCUT2D eigenvalue weighted by Crippen LogP contribution is -2.33. The fourth-order valence-electron chi connectivity index (χ4n) is 2.68. The number of carbonyl (C=O) groups excluding carboxylic acids is 1. The van der Waals surface area contributed by atoms with Gasteiger partial charge in [-0.15, -0.1) is 0 Å². The number of benzene rings is 1. The molecular formula is C20H20N4OS. The smallest absolute Gasteiger partial charge is 0.237 e. The van der Waals surface area contributed by atoms with Gasteiger partial charge in [-0.1, -0.05) is 23.9 Å². The molecule has 5 nitrogen and oxygen atoms in total. The first-order valence-corrected chi connectivity index (χ1v) is 9.38. The highest BCUT2D eigenvalue weighted by atomic mass is 32.2. The molecule has 6 heteroatoms. The Morgan fingerprint density at radius 3 is 2.88 bits per heavy atom. The lowest BCUT2D eigenvalue weighted by Gasteiger charge is -2.22. The van der Waals surface area contributed by atoms with Gasteiger partial charge in [0.1, 0.15) is 0 Å². The summed E-state index contributed by atoms with van der Waals surface area (Å²) in [5.41, 5.74) is 4.14. The number of rotatable bonds is 6. The number of amides is 1. The molecule has 0 bridgehead atoms. The molecular weight excluding hydrogens is 344 g/mol. The van der Waals surface area contributed by atoms with Crippen molar-refractivity contribution in [3.05, 3.63) is 59.9 Å². The molecule has 0 spiro atoms. The van der Waals surface area contributed by atoms with Crippen LogP contribution in [0.15, 0.2) is 53.9 Å². The van der Waals surface area contributed by atoms with E-state index in [1.807, 2.05) is 60.8 Å². The first-order chi connectivity index (χ1) is 12.6. The zero-order valence-corrected chi connectivity index (χ0v) is 15.7. The Balaban J connectivity index is 1.77. The number of aromatic nitrogens is 2. The summed E-state index contributed by atoms with van der Waals surface area (Å²) in [6.07, 6.45) is 4.03. The van der Waals surface area contributed by atoms with Crippen LogP contribution in [0.2, 0.25) is 0 Å². The van der Waals surface area contributed by atoms with E-state index in [1.165, 1.54) is 17.3 Å². The van der Waals surface area contributed by atoms with Crippen LogP contribution >= 0.6 is 11.8 Å². The molecule has 0 N–H and O–H groups in total. The van der Waals surface area contributed by atoms with Gasteiger partial charge in [0, 0.05) is 18.4 Å². The predicted octanol–water partition coefficient (Wildman–Crippen LogP) is 3.99. The maximum atomic E-state index is 12.8. The Kier molecular flexibility index (Phi) is 5.59. The molecule has 1 amide bonds. The maximum absolute atomic E-state index is 12.8. The van der Waals surface area contributed by atoms with Crippen molar-refractivity contribution in [1.29, 1.82) is 5.26 Å². The van der Waals surface area contributed by atoms with Crippen molar-refractivity contribution in [2.75, 3.05) is 17.2 Å². The third-order valence-electron chi connectivity index (χ3n) is 4.28. The summed E-state index contributed by atoms with van der Waals surface area (Å²) in [7, 11) is 0. The van der Waals surface area contributed by atoms with Crippen LogP contribution < -0.4 is 4.90 Å². The van der Waals surface area contributed by atoms with Crippen molar-refractivity contribution in [1.82, 2.24) is 9.38 Å². The Morgan fingerprint density at radius 1 is 1.27 bits per heavy atom. The second-order valence-corrected chi connectivity index (χ2v) is 6.99. The first-order valence-electron chi connectivity index (χ1n) is 8.39. The van der Waals surface area contributed by atoms with Crippen molar-refractivity contribution >= 4 is 28.9 Å². The van der Waals surface area contributed by atoms with E-state index in [0.717, 1.165) is 21.9 Å². The highest BCUT2D eigenvalue weighted by Crippen LogP contribution is 2.23. The van der Waals surface area contributed by atoms with Gasteiger partial charge >= 0.3 is 0 Å². The molecule has 0 aliphatic carbocycles. The number of nitriles is 1. The fraction of sp³-hybridized carbons (Fsp3) is 0.250. The van der Waals surface area contributed by atoms with Gasteiger partial charge in [-0.3, -0.25) is 9.20 Å². The van der Waals surface area contributed by atoms with E-state index in [-0.39, 0.29) is 11.7 Å². The van der Waals surface area contributed by atoms with Gasteiger partial charge in [0.25, 0.3) is 0 Å². The van der Waals surface area contributed by atoms with Crippen LogP contribution in [0, 0.1) is 25.2 Å². The van der Waals surface area contributed by atoms with Gasteiger partial charge in [-0.05, 0) is 49.2 Å². The maximum Gasteiger partial charge on any atom is 0.237 e. The standard InChI is InChI=1S/C20H20N4OS/c1-15-7-8-17(12-16(15)2)23(11-5-9-21)19(25)14-26-20-22-13-18-6-3-4-10-24(18)20/h3-4,6-8,10,12-13H,5,11,14H2,1-2H3. The summed E-state index contributed by atoms with van der Waals surface area (Å²) in [4.78, 5) is 18.9. The van der Waals surface area contributed by atoms with Crippen LogP contribution in [-0.2, 0) is 4.79 Å². The topological polar surface area (TPSA) is 61.4 Å². The van der Waals surface area contributed by atoms with Gasteiger partial charge in [0.15, 0.2) is 5.16 Å². The van der Waals surface area contributed by atoms with Gasteiger partial charge in [-0.25, -0.2) is 4.98 Å². The SMILES string of the molecule is Cc1ccc(N(CCC#N)C(=O)CSc2ncc3ccccn23)cc1C. The number of carbonyl (C=O) groups is 1. The summed E-state index contributed by atoms with van der Waals surface area (Å²) in [6.45, 7) is 4.46. The molecule has 2 aromatic heterocycles. The number of fused-ring (bicyclic) bond motifs is 1. The Hall–Kier alpha value is -2.78. The second kappa shape index (κ2) is 8.07. The van der Waals surface area contributed by atoms with Gasteiger partial charge < -0.3 is 4.90 Å². The largest absolute Gasteiger partial charge is 0.311 e. The number of hydrogen-bond acceptors (Lipinski definition) is 4. The minimum Gasteiger partial charge on any atom is -0.311 e. The van der Waals surface area contributed by atoms with Crippen molar-refractivity contribution in [2.24, 2.45) is 0 Å². The summed E-state index contributed by atoms with van der Waals surface area (Å²) >= 11 is 1.41. The molecule has 0 saturated heterocycles. The third-order valence-corrected chi connectivity index (χ3v) is 5.23. The number of nitrogens with zero attached hydrogens (tertiary/aromatic N) is 4. The average molecular weight is 364 g/mol. The molecule has 2 heterocycles. The average Bonchev–Trinajstić information content (AvgIpc) is 3.06. The van der Waals surface area contributed by atoms with E-state index in [1.54, 1.807) is 11.1 Å². The minimum atomic E-state index is -0.0267. The number of anilines is 1. The zero-order valence-electron chi connectivity index (χ0n) is 14.8. The molecule has 132 valence electrons. The summed E-state index contributed by atoms with van der Waals surface area (Å²) in [5.74, 6) is 0.244. The third kappa shape index (κ3) is 3.89. The highest BCUT2D eigenvalue weighted by molar-refractivity contribution is 7.99. The molecule has 3 aromatic rings. The number of aryl methyl sites for hydroxylation is 2. The van der Waals surface area contributed by atoms with E-state index in [4.69, 9.17) is 5.26 Å². The fourth-order valence-corrected chi connectivity index (χ4v) is 3.52. The summed E-state index contributed by atoms with van der Waals surface area (Å²) < 4.78 is 1.97. The highest BCUT2D eigenvalue weighted by Gasteiger charge is 2.17. The van der Waals surface area contributed by atoms with E-state index in [0.29, 0.717) is 13.0 Å². The van der Waals surface area contributed by atoms with Crippen LogP contribution in [0.3, 0.4) is 0 Å². The van der Waals surface area contributed by atoms with E-state index >= 15 is 0 Å². The summed E-state index contributed by atoms with van der Waals surface area (Å²) in [5, 5.41) is 9.72. The molecule has 0 aliphatic heterocycles. The summed E-state index contributed by atoms with van der Waals surface area (Å²) in [6, 6.07) is 13.9. The van der Waals surface area contributed by atoms with Crippen molar-refractivity contribution in [3.8, 4) is 6.07 Å². The van der Waals surface area contributed by atoms with Crippen LogP contribution in [0.4, 0.5) is 5.69 Å². The van der Waals surface area contributed by atoms with Crippen LogP contribution in [0.25, 0.3) is 5.52 Å². The van der Waals surface area contributed by atoms with E-state index < -0.39 is 0 Å². The molecule has 0 aliphatic rings. The van der Waals surface area contributed by atoms with Crippen molar-refractivity contribution in [3.63, 3.8) is 0 Å². The van der Waals surface area contributed by atoms with Crippen LogP contribution in [-0.4, -0.2) is 27.6 Å². The van der Waals surface area contributed by atoms with Gasteiger partial charge in [0.05, 0.1) is 30.0 Å². The minimum absolute atomic E-state index is 0.0267. The number of imidazole rings is 1. The van der Waals surface area contributed by atoms with Gasteiger partial charge in [-0.2, -0.15) is 5.26 Å². The molecule has 0 saturated carbocycles. The molecule has 0 fully saturated rings. The second-order valence-electron chi connectivity index (χ2n) is 6.05. The lowest BCUT2D eigenvalue weighted by molar-refractivity contribution is -0.116. The van der Waals surface area contributed by atoms with E-state index in [9.17, 15) is 4.79 Å². The van der Waals surface area contributed by atoms with Gasteiger partial charge in [0.2, 0.25) is 5.91 Å². The van der Waals surface area contributed by atoms with Crippen LogP contribution in [0.5, 0.6) is 0 Å². The van der Waals surface area contributed by atoms with E-state index in [2.05, 4.69) is 11.1 Å². The Labute approximate surface area is 157 Å². The number of pyridine rings is 1. The molecule has 26 heavy (non-hydrogen) atoms. The lowest BCUT2D eigenvalue weighted by atomic mass is 10.1. The normalized spacial score (nSPS) is 10.7.